The summed E-state index contributed by atoms with van der Waals surface area (Å²) >= 11 is 8.48. The van der Waals surface area contributed by atoms with Crippen molar-refractivity contribution in [2.75, 3.05) is 13.7 Å². The summed E-state index contributed by atoms with van der Waals surface area (Å²) < 4.78 is 11.6. The molecule has 2 aromatic carbocycles. The topological polar surface area (TPSA) is 88.7 Å². The van der Waals surface area contributed by atoms with Crippen molar-refractivity contribution in [3.05, 3.63) is 58.1 Å². The van der Waals surface area contributed by atoms with Crippen molar-refractivity contribution < 1.29 is 19.1 Å². The fourth-order valence-corrected chi connectivity index (χ4v) is 3.02. The molecule has 0 aliphatic heterocycles. The van der Waals surface area contributed by atoms with E-state index in [2.05, 4.69) is 45.9 Å². The van der Waals surface area contributed by atoms with E-state index in [1.807, 2.05) is 0 Å². The maximum absolute atomic E-state index is 12.7. The van der Waals surface area contributed by atoms with E-state index in [4.69, 9.17) is 21.7 Å². The molecule has 0 spiro atoms. The second kappa shape index (κ2) is 12.3. The first-order chi connectivity index (χ1) is 14.8. The van der Waals surface area contributed by atoms with Crippen molar-refractivity contribution >= 4 is 45.1 Å². The van der Waals surface area contributed by atoms with Crippen LogP contribution in [0.15, 0.2) is 46.9 Å². The minimum atomic E-state index is -0.442. The Bertz CT molecular complexity index is 919. The van der Waals surface area contributed by atoms with Crippen LogP contribution in [0.25, 0.3) is 0 Å². The number of benzene rings is 2. The number of halogens is 1. The van der Waals surface area contributed by atoms with Crippen LogP contribution in [0.1, 0.15) is 36.2 Å². The van der Waals surface area contributed by atoms with Gasteiger partial charge in [0.05, 0.1) is 25.7 Å². The average Bonchev–Trinajstić information content (AvgIpc) is 2.73. The van der Waals surface area contributed by atoms with Gasteiger partial charge in [-0.05, 0) is 60.5 Å². The summed E-state index contributed by atoms with van der Waals surface area (Å²) in [4.78, 5) is 24.8. The monoisotopic (exact) mass is 507 g/mol. The van der Waals surface area contributed by atoms with Gasteiger partial charge in [-0.1, -0.05) is 41.9 Å². The molecule has 7 nitrogen and oxygen atoms in total. The summed E-state index contributed by atoms with van der Waals surface area (Å²) in [5, 5.41) is 2.52. The van der Waals surface area contributed by atoms with Crippen molar-refractivity contribution in [2.45, 2.75) is 26.7 Å². The molecule has 0 radical (unpaired) electrons. The lowest BCUT2D eigenvalue weighted by molar-refractivity contribution is -0.121. The van der Waals surface area contributed by atoms with E-state index in [-0.39, 0.29) is 17.4 Å². The Morgan fingerprint density at radius 3 is 2.45 bits per heavy atom. The lowest BCUT2D eigenvalue weighted by atomic mass is 10.1. The van der Waals surface area contributed by atoms with E-state index < -0.39 is 5.91 Å². The number of carbonyl (C=O) groups is 2. The molecule has 0 saturated carbocycles. The predicted molar refractivity (Wildman–Crippen MR) is 127 cm³/mol. The Balaban J connectivity index is 1.87. The minimum Gasteiger partial charge on any atom is -0.497 e. The number of nitrogens with one attached hydrogen (secondary N) is 3. The lowest BCUT2D eigenvalue weighted by Crippen LogP contribution is -2.48. The fourth-order valence-electron chi connectivity index (χ4n) is 2.51. The van der Waals surface area contributed by atoms with Gasteiger partial charge in [0.15, 0.2) is 5.11 Å². The number of amides is 2. The van der Waals surface area contributed by atoms with Crippen molar-refractivity contribution in [3.63, 3.8) is 0 Å². The Kier molecular flexibility index (Phi) is 9.74. The van der Waals surface area contributed by atoms with Gasteiger partial charge in [-0.25, -0.2) is 0 Å². The second-order valence-electron chi connectivity index (χ2n) is 7.15. The molecule has 0 saturated heterocycles. The number of hydrogen-bond acceptors (Lipinski definition) is 5. The number of hydrogen-bond donors (Lipinski definition) is 3. The summed E-state index contributed by atoms with van der Waals surface area (Å²) in [6, 6.07) is 12.3. The van der Waals surface area contributed by atoms with Crippen LogP contribution in [0.5, 0.6) is 11.5 Å². The predicted octanol–water partition coefficient (Wildman–Crippen LogP) is 3.76. The Morgan fingerprint density at radius 2 is 1.81 bits per heavy atom. The zero-order chi connectivity index (χ0) is 22.8. The molecular formula is C22H26BrN3O4S. The van der Waals surface area contributed by atoms with Gasteiger partial charge >= 0.3 is 0 Å². The highest BCUT2D eigenvalue weighted by molar-refractivity contribution is 9.10. The summed E-state index contributed by atoms with van der Waals surface area (Å²) in [6.45, 7) is 4.71. The zero-order valence-electron chi connectivity index (χ0n) is 17.7. The molecule has 0 aliphatic carbocycles. The minimum absolute atomic E-state index is 0.0267. The largest absolute Gasteiger partial charge is 0.497 e. The molecule has 0 atom stereocenters. The van der Waals surface area contributed by atoms with Crippen LogP contribution >= 0.6 is 28.1 Å². The average molecular weight is 508 g/mol. The number of rotatable bonds is 8. The van der Waals surface area contributed by atoms with Gasteiger partial charge in [-0.3, -0.25) is 25.8 Å². The molecule has 2 aromatic rings. The molecule has 0 fully saturated rings. The molecule has 9 heteroatoms. The Hall–Kier alpha value is -2.65. The van der Waals surface area contributed by atoms with Gasteiger partial charge in [0.2, 0.25) is 5.91 Å². The summed E-state index contributed by atoms with van der Waals surface area (Å²) in [5.74, 6) is 0.926. The smallest absolute Gasteiger partial charge is 0.261 e. The van der Waals surface area contributed by atoms with Gasteiger partial charge in [-0.15, -0.1) is 0 Å². The maximum atomic E-state index is 12.7. The molecule has 0 bridgehead atoms. The molecule has 0 heterocycles. The van der Waals surface area contributed by atoms with Gasteiger partial charge in [0.1, 0.15) is 11.5 Å². The van der Waals surface area contributed by atoms with E-state index >= 15 is 0 Å². The molecular weight excluding hydrogens is 482 g/mol. The number of methoxy groups -OCH3 is 1. The Labute approximate surface area is 196 Å². The number of thiocarbonyl (C=S) groups is 1. The van der Waals surface area contributed by atoms with E-state index in [1.165, 1.54) is 0 Å². The summed E-state index contributed by atoms with van der Waals surface area (Å²) in [5.41, 5.74) is 6.17. The lowest BCUT2D eigenvalue weighted by Gasteiger charge is -2.14. The van der Waals surface area contributed by atoms with Crippen LogP contribution < -0.4 is 25.6 Å². The van der Waals surface area contributed by atoms with E-state index in [9.17, 15) is 9.59 Å². The standard InChI is InChI=1S/C22H26BrN3O4S/c1-14(2)10-11-30-19-9-6-16(23)13-18(19)21(28)24-22(31)26-25-20(27)12-15-4-7-17(29-3)8-5-15/h4-9,13-14H,10-12H2,1-3H3,(H,25,27)(H2,24,26,28,31). The van der Waals surface area contributed by atoms with Crippen molar-refractivity contribution in [1.29, 1.82) is 0 Å². The molecule has 166 valence electrons. The molecule has 2 rings (SSSR count). The van der Waals surface area contributed by atoms with Gasteiger partial charge in [0.25, 0.3) is 5.91 Å². The maximum Gasteiger partial charge on any atom is 0.261 e. The normalized spacial score (nSPS) is 10.4. The summed E-state index contributed by atoms with van der Waals surface area (Å²) in [6.07, 6.45) is 1.02. The highest BCUT2D eigenvalue weighted by atomic mass is 79.9. The first kappa shape index (κ1) is 24.6. The van der Waals surface area contributed by atoms with Crippen LogP contribution in [0.3, 0.4) is 0 Å². The second-order valence-corrected chi connectivity index (χ2v) is 8.48. The van der Waals surface area contributed by atoms with E-state index in [1.54, 1.807) is 49.6 Å². The van der Waals surface area contributed by atoms with Crippen molar-refractivity contribution in [3.8, 4) is 11.5 Å². The number of hydrazine groups is 1. The third-order valence-electron chi connectivity index (χ3n) is 4.21. The van der Waals surface area contributed by atoms with Gasteiger partial charge < -0.3 is 9.47 Å². The van der Waals surface area contributed by atoms with Crippen LogP contribution in [-0.2, 0) is 11.2 Å². The molecule has 0 aromatic heterocycles. The van der Waals surface area contributed by atoms with Crippen LogP contribution in [0.4, 0.5) is 0 Å². The first-order valence-electron chi connectivity index (χ1n) is 9.74. The van der Waals surface area contributed by atoms with E-state index in [0.29, 0.717) is 29.6 Å². The molecule has 3 N–H and O–H groups in total. The van der Waals surface area contributed by atoms with Crippen LogP contribution in [0, 0.1) is 5.92 Å². The molecule has 0 unspecified atom stereocenters. The fraction of sp³-hybridized carbons (Fsp3) is 0.318. The van der Waals surface area contributed by atoms with Crippen molar-refractivity contribution in [1.82, 2.24) is 16.2 Å². The van der Waals surface area contributed by atoms with Crippen LogP contribution in [-0.4, -0.2) is 30.6 Å². The first-order valence-corrected chi connectivity index (χ1v) is 10.9. The third kappa shape index (κ3) is 8.55. The summed E-state index contributed by atoms with van der Waals surface area (Å²) in [7, 11) is 1.58. The number of carbonyl (C=O) groups excluding carboxylic acids is 2. The third-order valence-corrected chi connectivity index (χ3v) is 4.90. The molecule has 0 aliphatic rings. The molecule has 31 heavy (non-hydrogen) atoms. The van der Waals surface area contributed by atoms with Crippen molar-refractivity contribution in [2.24, 2.45) is 5.92 Å². The van der Waals surface area contributed by atoms with E-state index in [0.717, 1.165) is 16.5 Å². The van der Waals surface area contributed by atoms with Gasteiger partial charge in [-0.2, -0.15) is 0 Å². The van der Waals surface area contributed by atoms with Crippen LogP contribution in [0.2, 0.25) is 0 Å². The highest BCUT2D eigenvalue weighted by Crippen LogP contribution is 2.23. The van der Waals surface area contributed by atoms with Gasteiger partial charge in [0, 0.05) is 4.47 Å². The Morgan fingerprint density at radius 1 is 1.10 bits per heavy atom. The highest BCUT2D eigenvalue weighted by Gasteiger charge is 2.15. The quantitative estimate of drug-likeness (QED) is 0.372. The molecule has 2 amide bonds. The zero-order valence-corrected chi connectivity index (χ0v) is 20.1. The number of ether oxygens (including phenoxy) is 2. The SMILES string of the molecule is COc1ccc(CC(=O)NNC(=S)NC(=O)c2cc(Br)ccc2OCCC(C)C)cc1.